The highest BCUT2D eigenvalue weighted by Gasteiger charge is 2.17. The van der Waals surface area contributed by atoms with E-state index in [4.69, 9.17) is 12.2 Å². The van der Waals surface area contributed by atoms with Crippen LogP contribution in [0.1, 0.15) is 26.8 Å². The minimum absolute atomic E-state index is 0.0496. The van der Waals surface area contributed by atoms with Gasteiger partial charge in [0.05, 0.1) is 0 Å². The molecule has 0 radical (unpaired) electrons. The quantitative estimate of drug-likeness (QED) is 0.831. The monoisotopic (exact) mass is 268 g/mol. The van der Waals surface area contributed by atoms with Crippen LogP contribution in [0.5, 0.6) is 0 Å². The number of rotatable bonds is 2. The van der Waals surface area contributed by atoms with Gasteiger partial charge in [0.2, 0.25) is 0 Å². The Balaban J connectivity index is 3.18. The largest absolute Gasteiger partial charge is 0.332 e. The van der Waals surface area contributed by atoms with Crippen LogP contribution in [0.2, 0.25) is 0 Å². The van der Waals surface area contributed by atoms with Crippen molar-refractivity contribution in [1.82, 2.24) is 18.7 Å². The molecule has 0 fully saturated rings. The molecule has 0 bridgehead atoms. The van der Waals surface area contributed by atoms with Crippen molar-refractivity contribution < 1.29 is 0 Å². The molecule has 0 saturated heterocycles. The van der Waals surface area contributed by atoms with Crippen LogP contribution in [0.4, 0.5) is 0 Å². The van der Waals surface area contributed by atoms with E-state index in [-0.39, 0.29) is 17.3 Å². The molecule has 0 spiro atoms. The molecule has 0 aliphatic heterocycles. The fourth-order valence-corrected chi connectivity index (χ4v) is 2.31. The molecule has 0 amide bonds. The zero-order valence-electron chi connectivity index (χ0n) is 10.9. The lowest BCUT2D eigenvalue weighted by Gasteiger charge is -2.13. The van der Waals surface area contributed by atoms with Crippen molar-refractivity contribution in [3.05, 3.63) is 25.6 Å². The molecule has 0 saturated carbocycles. The molecule has 1 N–H and O–H groups in total. The van der Waals surface area contributed by atoms with Crippen molar-refractivity contribution in [3.8, 4) is 0 Å². The number of nitrogens with zero attached hydrogens (tertiary/aromatic N) is 3. The first-order valence-electron chi connectivity index (χ1n) is 5.84. The van der Waals surface area contributed by atoms with Crippen LogP contribution in [0.3, 0.4) is 0 Å². The molecule has 0 aromatic carbocycles. The van der Waals surface area contributed by atoms with Crippen molar-refractivity contribution in [2.24, 2.45) is 7.05 Å². The van der Waals surface area contributed by atoms with Crippen LogP contribution < -0.4 is 11.2 Å². The van der Waals surface area contributed by atoms with Crippen molar-refractivity contribution in [3.63, 3.8) is 0 Å². The summed E-state index contributed by atoms with van der Waals surface area (Å²) in [4.78, 5) is 27.4. The third kappa shape index (κ3) is 1.58. The van der Waals surface area contributed by atoms with Crippen LogP contribution in [0.25, 0.3) is 11.2 Å². The molecule has 98 valence electrons. The van der Waals surface area contributed by atoms with Gasteiger partial charge < -0.3 is 9.55 Å². The second-order valence-corrected chi connectivity index (χ2v) is 4.87. The lowest BCUT2D eigenvalue weighted by atomic mass is 10.3. The van der Waals surface area contributed by atoms with Crippen molar-refractivity contribution in [2.45, 2.75) is 33.4 Å². The van der Waals surface area contributed by atoms with E-state index in [1.165, 1.54) is 4.57 Å². The van der Waals surface area contributed by atoms with E-state index in [1.807, 2.05) is 13.8 Å². The lowest BCUT2D eigenvalue weighted by molar-refractivity contribution is 0.533. The number of hydrogen-bond donors (Lipinski definition) is 1. The Bertz CT molecular complexity index is 775. The third-order valence-electron chi connectivity index (χ3n) is 3.05. The van der Waals surface area contributed by atoms with Crippen LogP contribution in [-0.4, -0.2) is 18.7 Å². The average molecular weight is 268 g/mol. The normalized spacial score (nSPS) is 11.6. The maximum atomic E-state index is 12.3. The van der Waals surface area contributed by atoms with Crippen LogP contribution in [0.15, 0.2) is 9.59 Å². The lowest BCUT2D eigenvalue weighted by Crippen LogP contribution is -2.40. The smallest absolute Gasteiger partial charge is 0.316 e. The van der Waals surface area contributed by atoms with Gasteiger partial charge in [-0.15, -0.1) is 0 Å². The van der Waals surface area contributed by atoms with Gasteiger partial charge in [0.25, 0.3) is 5.56 Å². The van der Waals surface area contributed by atoms with Crippen molar-refractivity contribution in [2.75, 3.05) is 0 Å². The van der Waals surface area contributed by atoms with Gasteiger partial charge >= 0.3 is 5.69 Å². The summed E-state index contributed by atoms with van der Waals surface area (Å²) in [6, 6.07) is -0.0496. The summed E-state index contributed by atoms with van der Waals surface area (Å²) in [5, 5.41) is 0. The van der Waals surface area contributed by atoms with Gasteiger partial charge in [-0.25, -0.2) is 4.79 Å². The number of hydrogen-bond acceptors (Lipinski definition) is 3. The first-order chi connectivity index (χ1) is 8.40. The Morgan fingerprint density at radius 3 is 2.44 bits per heavy atom. The molecule has 6 nitrogen and oxygen atoms in total. The van der Waals surface area contributed by atoms with Gasteiger partial charge in [-0.3, -0.25) is 13.9 Å². The maximum absolute atomic E-state index is 12.3. The van der Waals surface area contributed by atoms with E-state index in [0.29, 0.717) is 22.5 Å². The van der Waals surface area contributed by atoms with E-state index >= 15 is 0 Å². The number of aromatic nitrogens is 4. The molecular weight excluding hydrogens is 252 g/mol. The Kier molecular flexibility index (Phi) is 3.02. The molecule has 0 aliphatic carbocycles. The first kappa shape index (κ1) is 12.8. The van der Waals surface area contributed by atoms with Crippen LogP contribution >= 0.6 is 12.2 Å². The summed E-state index contributed by atoms with van der Waals surface area (Å²) in [5.74, 6) is 0. The van der Waals surface area contributed by atoms with E-state index in [2.05, 4.69) is 4.98 Å². The summed E-state index contributed by atoms with van der Waals surface area (Å²) in [5.41, 5.74) is 0.332. The van der Waals surface area contributed by atoms with E-state index in [1.54, 1.807) is 23.1 Å². The van der Waals surface area contributed by atoms with E-state index in [0.717, 1.165) is 0 Å². The summed E-state index contributed by atoms with van der Waals surface area (Å²) in [6.45, 7) is 5.92. The minimum Gasteiger partial charge on any atom is -0.316 e. The first-order valence-corrected chi connectivity index (χ1v) is 6.25. The average Bonchev–Trinajstić information content (AvgIpc) is 2.55. The molecule has 7 heteroatoms. The second-order valence-electron chi connectivity index (χ2n) is 4.48. The van der Waals surface area contributed by atoms with Gasteiger partial charge in [-0.05, 0) is 33.0 Å². The maximum Gasteiger partial charge on any atom is 0.332 e. The molecule has 0 atom stereocenters. The van der Waals surface area contributed by atoms with E-state index in [9.17, 15) is 9.59 Å². The highest BCUT2D eigenvalue weighted by molar-refractivity contribution is 7.71. The number of imidazole rings is 1. The minimum atomic E-state index is -0.304. The van der Waals surface area contributed by atoms with Crippen molar-refractivity contribution in [1.29, 1.82) is 0 Å². The molecule has 0 unspecified atom stereocenters. The van der Waals surface area contributed by atoms with E-state index < -0.39 is 0 Å². The van der Waals surface area contributed by atoms with Gasteiger partial charge in [0, 0.05) is 19.6 Å². The van der Waals surface area contributed by atoms with Crippen molar-refractivity contribution >= 4 is 23.4 Å². The Morgan fingerprint density at radius 1 is 1.33 bits per heavy atom. The topological polar surface area (TPSA) is 64.7 Å². The van der Waals surface area contributed by atoms with Gasteiger partial charge in [0.15, 0.2) is 10.3 Å². The molecule has 2 heterocycles. The highest BCUT2D eigenvalue weighted by Crippen LogP contribution is 2.11. The van der Waals surface area contributed by atoms with Crippen LogP contribution in [-0.2, 0) is 13.6 Å². The standard InChI is InChI=1S/C11H16N4O2S/c1-5-14-9(16)7-8(12-10(18)13(7)4)15(6(2)3)11(14)17/h6H,5H2,1-4H3,(H,12,18). The predicted molar refractivity (Wildman–Crippen MR) is 72.7 cm³/mol. The second kappa shape index (κ2) is 4.24. The summed E-state index contributed by atoms with van der Waals surface area (Å²) < 4.78 is 4.84. The number of H-pyrrole nitrogens is 1. The molecule has 2 rings (SSSR count). The summed E-state index contributed by atoms with van der Waals surface area (Å²) in [6.07, 6.45) is 0. The molecule has 0 aliphatic rings. The molecule has 18 heavy (non-hydrogen) atoms. The Hall–Kier alpha value is -1.63. The molecule has 2 aromatic heterocycles. The van der Waals surface area contributed by atoms with Crippen LogP contribution in [0, 0.1) is 4.77 Å². The number of fused-ring (bicyclic) bond motifs is 1. The van der Waals surface area contributed by atoms with Gasteiger partial charge in [-0.2, -0.15) is 0 Å². The summed E-state index contributed by atoms with van der Waals surface area (Å²) >= 11 is 5.13. The predicted octanol–water partition coefficient (Wildman–Crippen LogP) is 1.16. The number of aromatic amines is 1. The fourth-order valence-electron chi connectivity index (χ4n) is 2.12. The molecule has 2 aromatic rings. The zero-order valence-corrected chi connectivity index (χ0v) is 11.7. The third-order valence-corrected chi connectivity index (χ3v) is 3.42. The fraction of sp³-hybridized carbons (Fsp3) is 0.545. The number of nitrogens with one attached hydrogen (secondary N) is 1. The zero-order chi connectivity index (χ0) is 13.6. The Morgan fingerprint density at radius 2 is 1.94 bits per heavy atom. The Labute approximate surface area is 108 Å². The SMILES string of the molecule is CCn1c(=O)c2c([nH]c(=S)n2C)n(C(C)C)c1=O. The van der Waals surface area contributed by atoms with Gasteiger partial charge in [-0.1, -0.05) is 0 Å². The highest BCUT2D eigenvalue weighted by atomic mass is 32.1. The van der Waals surface area contributed by atoms with Gasteiger partial charge in [0.1, 0.15) is 5.65 Å². The molecular formula is C11H16N4O2S. The number of aryl methyl sites for hydroxylation is 1. The summed E-state index contributed by atoms with van der Waals surface area (Å²) in [7, 11) is 1.72.